The first-order valence-corrected chi connectivity index (χ1v) is 7.81. The van der Waals surface area contributed by atoms with Gasteiger partial charge in [-0.1, -0.05) is 15.9 Å². The van der Waals surface area contributed by atoms with Crippen LogP contribution in [0.25, 0.3) is 0 Å². The van der Waals surface area contributed by atoms with Gasteiger partial charge in [-0.2, -0.15) is 5.26 Å². The molecule has 3 rings (SSSR count). The largest absolute Gasteiger partial charge is 0.493 e. The molecule has 0 bridgehead atoms. The number of benzene rings is 1. The Morgan fingerprint density at radius 1 is 1.20 bits per heavy atom. The van der Waals surface area contributed by atoms with Crippen LogP contribution in [-0.2, 0) is 13.0 Å². The van der Waals surface area contributed by atoms with Gasteiger partial charge in [0.2, 0.25) is 0 Å². The maximum absolute atomic E-state index is 8.73. The van der Waals surface area contributed by atoms with Gasteiger partial charge in [0.05, 0.1) is 19.2 Å². The second-order valence-electron chi connectivity index (χ2n) is 5.36. The van der Waals surface area contributed by atoms with Gasteiger partial charge in [-0.3, -0.25) is 9.80 Å². The predicted molar refractivity (Wildman–Crippen MR) is 80.7 cm³/mol. The highest BCUT2D eigenvalue weighted by atomic mass is 79.9. The first-order chi connectivity index (χ1) is 9.76. The van der Waals surface area contributed by atoms with Gasteiger partial charge >= 0.3 is 0 Å². The highest BCUT2D eigenvalue weighted by molar-refractivity contribution is 9.10. The van der Waals surface area contributed by atoms with Crippen molar-refractivity contribution in [3.05, 3.63) is 27.7 Å². The summed E-state index contributed by atoms with van der Waals surface area (Å²) in [4.78, 5) is 4.65. The minimum atomic E-state index is 0.545. The minimum absolute atomic E-state index is 0.545. The van der Waals surface area contributed by atoms with Gasteiger partial charge in [0.15, 0.2) is 0 Å². The van der Waals surface area contributed by atoms with Crippen molar-refractivity contribution in [3.63, 3.8) is 0 Å². The molecular formula is C15H18BrN3O. The molecule has 1 saturated heterocycles. The van der Waals surface area contributed by atoms with Crippen LogP contribution >= 0.6 is 15.9 Å². The highest BCUT2D eigenvalue weighted by Crippen LogP contribution is 2.33. The average Bonchev–Trinajstić information content (AvgIpc) is 2.89. The van der Waals surface area contributed by atoms with E-state index in [0.29, 0.717) is 6.54 Å². The Bertz CT molecular complexity index is 533. The third-order valence-corrected chi connectivity index (χ3v) is 4.44. The Hall–Kier alpha value is -1.09. The molecule has 1 aromatic rings. The molecule has 20 heavy (non-hydrogen) atoms. The second-order valence-corrected chi connectivity index (χ2v) is 6.28. The normalized spacial score (nSPS) is 19.4. The van der Waals surface area contributed by atoms with Crippen LogP contribution in [0.5, 0.6) is 5.75 Å². The standard InChI is InChI=1S/C15H18BrN3O/c16-14-9-12-1-8-20-15(12)13(10-14)11-19-6-4-18(3-2-17)5-7-19/h9-10H,1,3-8,11H2. The van der Waals surface area contributed by atoms with Crippen molar-refractivity contribution >= 4 is 15.9 Å². The molecular weight excluding hydrogens is 318 g/mol. The van der Waals surface area contributed by atoms with Crippen LogP contribution in [-0.4, -0.2) is 49.1 Å². The Morgan fingerprint density at radius 2 is 1.95 bits per heavy atom. The monoisotopic (exact) mass is 335 g/mol. The van der Waals surface area contributed by atoms with Crippen LogP contribution in [0.15, 0.2) is 16.6 Å². The lowest BCUT2D eigenvalue weighted by Gasteiger charge is -2.33. The molecule has 5 heteroatoms. The van der Waals surface area contributed by atoms with Crippen LogP contribution in [0.2, 0.25) is 0 Å². The van der Waals surface area contributed by atoms with Crippen LogP contribution in [0.3, 0.4) is 0 Å². The smallest absolute Gasteiger partial charge is 0.127 e. The van der Waals surface area contributed by atoms with Crippen molar-refractivity contribution in [2.24, 2.45) is 0 Å². The number of nitriles is 1. The van der Waals surface area contributed by atoms with E-state index in [0.717, 1.165) is 56.0 Å². The van der Waals surface area contributed by atoms with E-state index < -0.39 is 0 Å². The summed E-state index contributed by atoms with van der Waals surface area (Å²) in [6.07, 6.45) is 1.01. The lowest BCUT2D eigenvalue weighted by molar-refractivity contribution is 0.137. The summed E-state index contributed by atoms with van der Waals surface area (Å²) in [5, 5.41) is 8.73. The van der Waals surface area contributed by atoms with Gasteiger partial charge in [-0.25, -0.2) is 0 Å². The number of piperazine rings is 1. The summed E-state index contributed by atoms with van der Waals surface area (Å²) in [7, 11) is 0. The SMILES string of the molecule is N#CCN1CCN(Cc2cc(Br)cc3c2OCC3)CC1. The topological polar surface area (TPSA) is 39.5 Å². The molecule has 0 aromatic heterocycles. The zero-order chi connectivity index (χ0) is 13.9. The van der Waals surface area contributed by atoms with E-state index in [1.165, 1.54) is 11.1 Å². The molecule has 2 aliphatic rings. The maximum atomic E-state index is 8.73. The van der Waals surface area contributed by atoms with Crippen molar-refractivity contribution in [2.45, 2.75) is 13.0 Å². The fourth-order valence-corrected chi connectivity index (χ4v) is 3.46. The fraction of sp³-hybridized carbons (Fsp3) is 0.533. The number of halogens is 1. The number of fused-ring (bicyclic) bond motifs is 1. The lowest BCUT2D eigenvalue weighted by atomic mass is 10.1. The molecule has 0 amide bonds. The molecule has 2 heterocycles. The Labute approximate surface area is 128 Å². The van der Waals surface area contributed by atoms with Crippen molar-refractivity contribution < 1.29 is 4.74 Å². The minimum Gasteiger partial charge on any atom is -0.493 e. The quantitative estimate of drug-likeness (QED) is 0.792. The van der Waals surface area contributed by atoms with Crippen LogP contribution in [0.1, 0.15) is 11.1 Å². The molecule has 1 fully saturated rings. The van der Waals surface area contributed by atoms with E-state index in [4.69, 9.17) is 10.00 Å². The van der Waals surface area contributed by atoms with Crippen molar-refractivity contribution in [1.82, 2.24) is 9.80 Å². The van der Waals surface area contributed by atoms with E-state index in [1.807, 2.05) is 0 Å². The van der Waals surface area contributed by atoms with Crippen LogP contribution in [0.4, 0.5) is 0 Å². The first kappa shape index (κ1) is 13.9. The molecule has 4 nitrogen and oxygen atoms in total. The number of ether oxygens (including phenoxy) is 1. The third kappa shape index (κ3) is 2.98. The molecule has 2 aliphatic heterocycles. The van der Waals surface area contributed by atoms with Crippen LogP contribution < -0.4 is 4.74 Å². The van der Waals surface area contributed by atoms with E-state index in [-0.39, 0.29) is 0 Å². The second kappa shape index (κ2) is 6.13. The fourth-order valence-electron chi connectivity index (χ4n) is 2.91. The van der Waals surface area contributed by atoms with E-state index in [1.54, 1.807) is 0 Å². The summed E-state index contributed by atoms with van der Waals surface area (Å²) in [5.41, 5.74) is 2.60. The van der Waals surface area contributed by atoms with Gasteiger partial charge < -0.3 is 4.74 Å². The van der Waals surface area contributed by atoms with Crippen molar-refractivity contribution in [2.75, 3.05) is 39.3 Å². The van der Waals surface area contributed by atoms with Crippen molar-refractivity contribution in [3.8, 4) is 11.8 Å². The zero-order valence-electron chi connectivity index (χ0n) is 11.4. The van der Waals surface area contributed by atoms with Gasteiger partial charge in [-0.15, -0.1) is 0 Å². The molecule has 0 unspecified atom stereocenters. The lowest BCUT2D eigenvalue weighted by Crippen LogP contribution is -2.45. The summed E-state index contributed by atoms with van der Waals surface area (Å²) >= 11 is 3.59. The van der Waals surface area contributed by atoms with Gasteiger partial charge in [0.25, 0.3) is 0 Å². The third-order valence-electron chi connectivity index (χ3n) is 3.98. The maximum Gasteiger partial charge on any atom is 0.127 e. The molecule has 0 saturated carbocycles. The van der Waals surface area contributed by atoms with Gasteiger partial charge in [0.1, 0.15) is 5.75 Å². The summed E-state index contributed by atoms with van der Waals surface area (Å²) in [6.45, 7) is 6.27. The van der Waals surface area contributed by atoms with E-state index in [9.17, 15) is 0 Å². The molecule has 1 aromatic carbocycles. The zero-order valence-corrected chi connectivity index (χ0v) is 13.0. The number of hydrogen-bond donors (Lipinski definition) is 0. The first-order valence-electron chi connectivity index (χ1n) is 7.02. The summed E-state index contributed by atoms with van der Waals surface area (Å²) < 4.78 is 6.92. The van der Waals surface area contributed by atoms with E-state index in [2.05, 4.69) is 43.9 Å². The van der Waals surface area contributed by atoms with Gasteiger partial charge in [-0.05, 0) is 17.7 Å². The molecule has 106 valence electrons. The molecule has 0 aliphatic carbocycles. The summed E-state index contributed by atoms with van der Waals surface area (Å²) in [5.74, 6) is 1.09. The van der Waals surface area contributed by atoms with Gasteiger partial charge in [0, 0.05) is 49.2 Å². The number of nitrogens with zero attached hydrogens (tertiary/aromatic N) is 3. The Morgan fingerprint density at radius 3 is 2.70 bits per heavy atom. The molecule has 0 N–H and O–H groups in total. The molecule has 0 atom stereocenters. The number of hydrogen-bond acceptors (Lipinski definition) is 4. The predicted octanol–water partition coefficient (Wildman–Crippen LogP) is 2.03. The van der Waals surface area contributed by atoms with E-state index >= 15 is 0 Å². The average molecular weight is 336 g/mol. The van der Waals surface area contributed by atoms with Crippen LogP contribution in [0, 0.1) is 11.3 Å². The number of rotatable bonds is 3. The van der Waals surface area contributed by atoms with Crippen molar-refractivity contribution in [1.29, 1.82) is 5.26 Å². The highest BCUT2D eigenvalue weighted by Gasteiger charge is 2.21. The molecule has 0 radical (unpaired) electrons. The Kier molecular flexibility index (Phi) is 4.25. The summed E-state index contributed by atoms with van der Waals surface area (Å²) in [6, 6.07) is 6.56. The molecule has 0 spiro atoms. The Balaban J connectivity index is 1.66.